The van der Waals surface area contributed by atoms with E-state index in [2.05, 4.69) is 9.97 Å². The number of aromatic nitrogens is 2. The summed E-state index contributed by atoms with van der Waals surface area (Å²) in [5.74, 6) is -1.99. The summed E-state index contributed by atoms with van der Waals surface area (Å²) in [5, 5.41) is 8.94. The molecule has 0 spiro atoms. The Morgan fingerprint density at radius 3 is 2.50 bits per heavy atom. The highest BCUT2D eigenvalue weighted by atomic mass is 19.1. The van der Waals surface area contributed by atoms with Gasteiger partial charge in [0.25, 0.3) is 0 Å². The predicted octanol–water partition coefficient (Wildman–Crippen LogP) is 1.98. The van der Waals surface area contributed by atoms with Crippen LogP contribution in [0.5, 0.6) is 0 Å². The lowest BCUT2D eigenvalue weighted by Crippen LogP contribution is -2.03. The number of hydrogen-bond donors (Lipinski definition) is 1. The van der Waals surface area contributed by atoms with E-state index in [1.54, 1.807) is 0 Å². The molecule has 2 heterocycles. The summed E-state index contributed by atoms with van der Waals surface area (Å²) in [6, 6.07) is 4.33. The minimum absolute atomic E-state index is 0.0163. The average Bonchev–Trinajstić information content (AvgIpc) is 2.29. The summed E-state index contributed by atoms with van der Waals surface area (Å²) in [4.78, 5) is 18.2. The first kappa shape index (κ1) is 10.2. The van der Waals surface area contributed by atoms with Gasteiger partial charge in [0.15, 0.2) is 0 Å². The summed E-state index contributed by atoms with van der Waals surface area (Å²) < 4.78 is 13.5. The van der Waals surface area contributed by atoms with Crippen molar-refractivity contribution in [2.75, 3.05) is 0 Å². The molecule has 0 amide bonds. The molecule has 2 rings (SSSR count). The minimum atomic E-state index is -1.19. The smallest absolute Gasteiger partial charge is 0.336 e. The van der Waals surface area contributed by atoms with Gasteiger partial charge in [-0.2, -0.15) is 4.39 Å². The summed E-state index contributed by atoms with van der Waals surface area (Å²) >= 11 is 0. The van der Waals surface area contributed by atoms with Crippen LogP contribution in [-0.4, -0.2) is 21.0 Å². The summed E-state index contributed by atoms with van der Waals surface area (Å²) in [7, 11) is 0. The minimum Gasteiger partial charge on any atom is -0.478 e. The van der Waals surface area contributed by atoms with E-state index in [1.807, 2.05) is 0 Å². The van der Waals surface area contributed by atoms with Crippen LogP contribution in [-0.2, 0) is 0 Å². The lowest BCUT2D eigenvalue weighted by Gasteiger charge is -2.05. The molecule has 0 radical (unpaired) electrons. The zero-order chi connectivity index (χ0) is 11.5. The maximum atomic E-state index is 13.5. The topological polar surface area (TPSA) is 63.1 Å². The SMILES string of the molecule is O=C(O)c1ccnc(F)c1-c1ccncc1. The van der Waals surface area contributed by atoms with Gasteiger partial charge in [-0.1, -0.05) is 0 Å². The van der Waals surface area contributed by atoms with Crippen molar-refractivity contribution in [3.63, 3.8) is 0 Å². The van der Waals surface area contributed by atoms with Gasteiger partial charge in [0.2, 0.25) is 5.95 Å². The van der Waals surface area contributed by atoms with Crippen LogP contribution in [0.1, 0.15) is 10.4 Å². The summed E-state index contributed by atoms with van der Waals surface area (Å²) in [6.07, 6.45) is 4.06. The van der Waals surface area contributed by atoms with E-state index < -0.39 is 11.9 Å². The van der Waals surface area contributed by atoms with Crippen molar-refractivity contribution in [1.82, 2.24) is 9.97 Å². The highest BCUT2D eigenvalue weighted by Gasteiger charge is 2.16. The number of carboxylic acids is 1. The molecule has 0 aliphatic rings. The molecule has 4 nitrogen and oxygen atoms in total. The number of carbonyl (C=O) groups is 1. The van der Waals surface area contributed by atoms with Gasteiger partial charge in [-0.3, -0.25) is 4.98 Å². The Morgan fingerprint density at radius 2 is 1.88 bits per heavy atom. The number of halogens is 1. The molecule has 80 valence electrons. The standard InChI is InChI=1S/C11H7FN2O2/c12-10-9(7-1-4-13-5-2-7)8(11(15)16)3-6-14-10/h1-6H,(H,15,16). The van der Waals surface area contributed by atoms with Gasteiger partial charge in [-0.05, 0) is 23.8 Å². The van der Waals surface area contributed by atoms with Crippen molar-refractivity contribution < 1.29 is 14.3 Å². The quantitative estimate of drug-likeness (QED) is 0.783. The Kier molecular flexibility index (Phi) is 2.59. The monoisotopic (exact) mass is 218 g/mol. The molecule has 0 aromatic carbocycles. The zero-order valence-electron chi connectivity index (χ0n) is 8.09. The van der Waals surface area contributed by atoms with Gasteiger partial charge in [-0.15, -0.1) is 0 Å². The van der Waals surface area contributed by atoms with E-state index in [0.29, 0.717) is 5.56 Å². The van der Waals surface area contributed by atoms with Crippen LogP contribution in [0, 0.1) is 5.95 Å². The van der Waals surface area contributed by atoms with Gasteiger partial charge in [0, 0.05) is 18.6 Å². The molecule has 0 saturated carbocycles. The number of hydrogen-bond acceptors (Lipinski definition) is 3. The van der Waals surface area contributed by atoms with Crippen molar-refractivity contribution >= 4 is 5.97 Å². The Bertz CT molecular complexity index is 529. The van der Waals surface area contributed by atoms with Crippen LogP contribution in [0.4, 0.5) is 4.39 Å². The fourth-order valence-corrected chi connectivity index (χ4v) is 1.41. The largest absolute Gasteiger partial charge is 0.478 e. The number of nitrogens with zero attached hydrogens (tertiary/aromatic N) is 2. The molecule has 16 heavy (non-hydrogen) atoms. The third kappa shape index (κ3) is 1.75. The number of carboxylic acid groups (broad SMARTS) is 1. The third-order valence-electron chi connectivity index (χ3n) is 2.10. The van der Waals surface area contributed by atoms with Crippen LogP contribution in [0.3, 0.4) is 0 Å². The maximum absolute atomic E-state index is 13.5. The highest BCUT2D eigenvalue weighted by Crippen LogP contribution is 2.24. The molecule has 0 bridgehead atoms. The normalized spacial score (nSPS) is 10.1. The van der Waals surface area contributed by atoms with E-state index >= 15 is 0 Å². The second-order valence-corrected chi connectivity index (χ2v) is 3.07. The fraction of sp³-hybridized carbons (Fsp3) is 0. The molecule has 0 aliphatic heterocycles. The van der Waals surface area contributed by atoms with Crippen LogP contribution in [0.2, 0.25) is 0 Å². The lowest BCUT2D eigenvalue weighted by molar-refractivity contribution is 0.0697. The van der Waals surface area contributed by atoms with Gasteiger partial charge in [0.1, 0.15) is 0 Å². The molecular formula is C11H7FN2O2. The first-order valence-electron chi connectivity index (χ1n) is 4.48. The van der Waals surface area contributed by atoms with Crippen molar-refractivity contribution in [3.05, 3.63) is 48.3 Å². The summed E-state index contributed by atoms with van der Waals surface area (Å²) in [6.45, 7) is 0. The Balaban J connectivity index is 2.68. The van der Waals surface area contributed by atoms with E-state index in [1.165, 1.54) is 30.6 Å². The molecule has 5 heteroatoms. The first-order chi connectivity index (χ1) is 7.70. The molecule has 2 aromatic rings. The molecule has 0 aliphatic carbocycles. The summed E-state index contributed by atoms with van der Waals surface area (Å²) in [5.41, 5.74) is 0.314. The van der Waals surface area contributed by atoms with Crippen LogP contribution < -0.4 is 0 Å². The predicted molar refractivity (Wildman–Crippen MR) is 54.4 cm³/mol. The van der Waals surface area contributed by atoms with Gasteiger partial charge in [0.05, 0.1) is 11.1 Å². The van der Waals surface area contributed by atoms with Crippen molar-refractivity contribution in [2.45, 2.75) is 0 Å². The average molecular weight is 218 g/mol. The Hall–Kier alpha value is -2.30. The number of aromatic carboxylic acids is 1. The molecule has 1 N–H and O–H groups in total. The van der Waals surface area contributed by atoms with Gasteiger partial charge in [-0.25, -0.2) is 9.78 Å². The molecule has 0 atom stereocenters. The fourth-order valence-electron chi connectivity index (χ4n) is 1.41. The first-order valence-corrected chi connectivity index (χ1v) is 4.48. The van der Waals surface area contributed by atoms with Crippen LogP contribution >= 0.6 is 0 Å². The van der Waals surface area contributed by atoms with Crippen molar-refractivity contribution in [2.24, 2.45) is 0 Å². The van der Waals surface area contributed by atoms with E-state index in [-0.39, 0.29) is 11.1 Å². The lowest BCUT2D eigenvalue weighted by atomic mass is 10.0. The molecule has 2 aromatic heterocycles. The van der Waals surface area contributed by atoms with E-state index in [4.69, 9.17) is 5.11 Å². The Morgan fingerprint density at radius 1 is 1.19 bits per heavy atom. The Labute approximate surface area is 90.4 Å². The second kappa shape index (κ2) is 4.06. The molecule has 0 fully saturated rings. The zero-order valence-corrected chi connectivity index (χ0v) is 8.09. The number of rotatable bonds is 2. The van der Waals surface area contributed by atoms with Gasteiger partial charge >= 0.3 is 5.97 Å². The van der Waals surface area contributed by atoms with E-state index in [0.717, 1.165) is 6.20 Å². The molecule has 0 unspecified atom stereocenters. The van der Waals surface area contributed by atoms with Crippen LogP contribution in [0.25, 0.3) is 11.1 Å². The van der Waals surface area contributed by atoms with E-state index in [9.17, 15) is 9.18 Å². The molecular weight excluding hydrogens is 211 g/mol. The molecule has 0 saturated heterocycles. The maximum Gasteiger partial charge on any atom is 0.336 e. The third-order valence-corrected chi connectivity index (χ3v) is 2.10. The van der Waals surface area contributed by atoms with Crippen molar-refractivity contribution in [1.29, 1.82) is 0 Å². The van der Waals surface area contributed by atoms with Gasteiger partial charge < -0.3 is 5.11 Å². The van der Waals surface area contributed by atoms with Crippen molar-refractivity contribution in [3.8, 4) is 11.1 Å². The van der Waals surface area contributed by atoms with Crippen LogP contribution in [0.15, 0.2) is 36.8 Å². The number of pyridine rings is 2. The second-order valence-electron chi connectivity index (χ2n) is 3.07. The highest BCUT2D eigenvalue weighted by molar-refractivity contribution is 5.95.